The highest BCUT2D eigenvalue weighted by Crippen LogP contribution is 2.41. The number of nitrogens with one attached hydrogen (secondary N) is 1. The molecule has 0 spiro atoms. The molecule has 0 aromatic heterocycles. The number of esters is 3. The summed E-state index contributed by atoms with van der Waals surface area (Å²) < 4.78 is 98.2. The van der Waals surface area contributed by atoms with E-state index in [1.54, 1.807) is 31.2 Å². The topological polar surface area (TPSA) is 268 Å². The summed E-state index contributed by atoms with van der Waals surface area (Å²) in [6, 6.07) is 62.4. The summed E-state index contributed by atoms with van der Waals surface area (Å²) in [6.45, 7) is 1.46. The van der Waals surface area contributed by atoms with Crippen molar-refractivity contribution < 1.29 is 90.2 Å². The van der Waals surface area contributed by atoms with Gasteiger partial charge in [0.15, 0.2) is 37.2 Å². The minimum atomic E-state index is -1.63. The lowest BCUT2D eigenvalue weighted by molar-refractivity contribution is -0.366. The monoisotopic (exact) mass is 1350 g/mol. The zero-order valence-corrected chi connectivity index (χ0v) is 53.7. The van der Waals surface area contributed by atoms with Crippen LogP contribution in [0.2, 0.25) is 0 Å². The number of halogens is 1. The fraction of sp³-hybridized carbons (Fsp3) is 0.370. The second kappa shape index (κ2) is 35.6. The third-order valence-electron chi connectivity index (χ3n) is 16.4. The van der Waals surface area contributed by atoms with E-state index in [1.807, 2.05) is 188 Å². The summed E-state index contributed by atoms with van der Waals surface area (Å²) in [5.41, 5.74) is 15.5. The molecule has 1 amide bonds. The minimum absolute atomic E-state index is 0.0436. The van der Waals surface area contributed by atoms with Crippen molar-refractivity contribution in [2.24, 2.45) is 5.11 Å². The van der Waals surface area contributed by atoms with Crippen LogP contribution in [0.3, 0.4) is 0 Å². The third-order valence-corrected chi connectivity index (χ3v) is 16.7. The second-order valence-corrected chi connectivity index (χ2v) is 23.6. The van der Waals surface area contributed by atoms with E-state index in [4.69, 9.17) is 82.7 Å². The molecule has 4 aliphatic rings. The molecule has 4 saturated heterocycles. The average molecular weight is 1350 g/mol. The van der Waals surface area contributed by atoms with E-state index in [0.29, 0.717) is 16.7 Å². The summed E-state index contributed by atoms with van der Waals surface area (Å²) in [6.07, 6.45) is -20.5. The van der Waals surface area contributed by atoms with Gasteiger partial charge in [-0.05, 0) is 51.4 Å². The first-order valence-electron chi connectivity index (χ1n) is 31.9. The van der Waals surface area contributed by atoms with E-state index in [0.717, 1.165) is 22.3 Å². The average Bonchev–Trinajstić information content (AvgIpc) is 1.67. The van der Waals surface area contributed by atoms with Crippen LogP contribution >= 0.6 is 11.6 Å². The molecule has 16 atom stereocenters. The Morgan fingerprint density at radius 2 is 0.990 bits per heavy atom. The molecule has 97 heavy (non-hydrogen) atoms. The molecule has 24 heteroatoms. The number of carbonyl (C=O) groups excluding carboxylic acids is 4. The minimum Gasteiger partial charge on any atom is -0.459 e. The first kappa shape index (κ1) is 69.7. The number of hydrogen-bond acceptors (Lipinski definition) is 20. The van der Waals surface area contributed by atoms with Crippen molar-refractivity contribution in [3.8, 4) is 0 Å². The normalized spacial score (nSPS) is 26.1. The maximum Gasteiger partial charge on any atom is 0.407 e. The highest BCUT2D eigenvalue weighted by molar-refractivity contribution is 6.26. The fourth-order valence-corrected chi connectivity index (χ4v) is 11.6. The van der Waals surface area contributed by atoms with Crippen LogP contribution in [0.4, 0.5) is 4.79 Å². The SMILES string of the molecule is C[C@H]1O[C@H](O[C@@H]2[C@@H]3OC(=O)[C@H]2O[C@H](O[C@H]2[C@@H](OCc4ccccc4)[C@@H](C(=O)OCc4ccccc4)O[C@H](OC[C@@H](COCc4ccccc4)OCc4ccccc4)[C@@H]2OCc2ccccc2)[C@@H]3OCc2ccccc2)[C@H](N=[N+]=[N-])[C@@H](OC(=O)CCl)[C@H]1NC(=O)OCc1ccccc1. The van der Waals surface area contributed by atoms with Crippen molar-refractivity contribution in [3.63, 3.8) is 0 Å². The molecular formula is C73H75ClN4O19. The molecule has 7 aromatic rings. The standard InChI is InChI=1S/C73H75ClN4O19/c1-47-57(76-73(82)90-44-54-35-21-8-22-36-54)59(92-56(79)37-74)58(77-78-75)70(91-47)94-62-63-67(87-42-52-31-17-6-18-32-52)72(97-65(62)69(81)93-63)95-61-60(85-40-50-27-13-4-14-28-50)64(68(80)88-43-53-33-19-7-20-34-53)96-71(66(61)86-41-51-29-15-5-16-30-51)89-46-55(84-39-49-25-11-3-12-26-49)45-83-38-48-23-9-2-10-24-48/h2-36,47,55,57-67,70-72H,37-46H2,1H3,(H,76,82)/t47-,55-,57+,58-,59+,60-,61+,62-,63+,64+,65+,66-,67-,70-,71+,72+/m1/s1. The van der Waals surface area contributed by atoms with Crippen molar-refractivity contribution >= 4 is 35.6 Å². The molecule has 4 aliphatic heterocycles. The zero-order chi connectivity index (χ0) is 67.1. The summed E-state index contributed by atoms with van der Waals surface area (Å²) in [5, 5.41) is 6.68. The van der Waals surface area contributed by atoms with Gasteiger partial charge in [-0.2, -0.15) is 0 Å². The van der Waals surface area contributed by atoms with E-state index >= 15 is 4.79 Å². The van der Waals surface area contributed by atoms with Crippen LogP contribution in [0.15, 0.2) is 217 Å². The van der Waals surface area contributed by atoms with E-state index in [-0.39, 0.29) is 59.5 Å². The summed E-state index contributed by atoms with van der Waals surface area (Å²) in [5.74, 6) is -3.28. The van der Waals surface area contributed by atoms with Gasteiger partial charge in [-0.3, -0.25) is 4.79 Å². The van der Waals surface area contributed by atoms with Crippen LogP contribution in [0.1, 0.15) is 45.9 Å². The maximum atomic E-state index is 15.1. The number of alkyl carbamates (subject to hydrolysis) is 1. The molecule has 1 N–H and O–H groups in total. The van der Waals surface area contributed by atoms with Gasteiger partial charge in [-0.25, -0.2) is 14.4 Å². The van der Waals surface area contributed by atoms with Crippen LogP contribution < -0.4 is 5.32 Å². The predicted molar refractivity (Wildman–Crippen MR) is 347 cm³/mol. The summed E-state index contributed by atoms with van der Waals surface area (Å²) in [4.78, 5) is 59.3. The third kappa shape index (κ3) is 19.4. The highest BCUT2D eigenvalue weighted by atomic mass is 35.5. The molecule has 0 aliphatic carbocycles. The van der Waals surface area contributed by atoms with Crippen LogP contribution in [-0.2, 0) is 132 Å². The van der Waals surface area contributed by atoms with Crippen LogP contribution in [0.25, 0.3) is 10.4 Å². The number of fused-ring (bicyclic) bond motifs is 2. The van der Waals surface area contributed by atoms with E-state index in [9.17, 15) is 19.9 Å². The Kier molecular flexibility index (Phi) is 25.6. The number of rotatable bonds is 32. The molecule has 0 radical (unpaired) electrons. The van der Waals surface area contributed by atoms with Gasteiger partial charge in [-0.15, -0.1) is 11.6 Å². The lowest BCUT2D eigenvalue weighted by atomic mass is 9.94. The molecular weight excluding hydrogens is 1270 g/mol. The van der Waals surface area contributed by atoms with Gasteiger partial charge in [0, 0.05) is 4.91 Å². The van der Waals surface area contributed by atoms with Crippen molar-refractivity contribution in [1.29, 1.82) is 0 Å². The number of alkyl halides is 1. The lowest BCUT2D eigenvalue weighted by Crippen LogP contribution is -2.67. The number of azide groups is 1. The Morgan fingerprint density at radius 1 is 0.515 bits per heavy atom. The van der Waals surface area contributed by atoms with Gasteiger partial charge < -0.3 is 76.4 Å². The van der Waals surface area contributed by atoms with Crippen LogP contribution in [-0.4, -0.2) is 141 Å². The number of amides is 1. The Bertz CT molecular complexity index is 3620. The van der Waals surface area contributed by atoms with Gasteiger partial charge in [0.25, 0.3) is 0 Å². The van der Waals surface area contributed by atoms with E-state index in [2.05, 4.69) is 15.3 Å². The molecule has 508 valence electrons. The van der Waals surface area contributed by atoms with Crippen molar-refractivity contribution in [3.05, 3.63) is 262 Å². The van der Waals surface area contributed by atoms with Crippen molar-refractivity contribution in [1.82, 2.24) is 5.32 Å². The molecule has 4 heterocycles. The number of ether oxygens (including phenoxy) is 15. The van der Waals surface area contributed by atoms with Gasteiger partial charge >= 0.3 is 24.0 Å². The lowest BCUT2D eigenvalue weighted by Gasteiger charge is -2.48. The molecule has 4 fully saturated rings. The Morgan fingerprint density at radius 3 is 1.52 bits per heavy atom. The maximum absolute atomic E-state index is 15.1. The molecule has 11 rings (SSSR count). The van der Waals surface area contributed by atoms with Gasteiger partial charge in [0.2, 0.25) is 0 Å². The molecule has 7 aromatic carbocycles. The van der Waals surface area contributed by atoms with E-state index < -0.39 is 128 Å². The Labute approximate surface area is 565 Å². The predicted octanol–water partition coefficient (Wildman–Crippen LogP) is 10.3. The number of carbonyl (C=O) groups is 4. The van der Waals surface area contributed by atoms with Crippen LogP contribution in [0.5, 0.6) is 0 Å². The van der Waals surface area contributed by atoms with Gasteiger partial charge in [0.1, 0.15) is 67.9 Å². The Balaban J connectivity index is 0.943. The summed E-state index contributed by atoms with van der Waals surface area (Å²) >= 11 is 5.99. The van der Waals surface area contributed by atoms with Crippen LogP contribution in [0, 0.1) is 0 Å². The van der Waals surface area contributed by atoms with E-state index in [1.165, 1.54) is 0 Å². The Hall–Kier alpha value is -8.62. The highest BCUT2D eigenvalue weighted by Gasteiger charge is 2.63. The molecule has 0 unspecified atom stereocenters. The number of hydrogen-bond donors (Lipinski definition) is 1. The van der Waals surface area contributed by atoms with Gasteiger partial charge in [-0.1, -0.05) is 217 Å². The molecule has 0 saturated carbocycles. The van der Waals surface area contributed by atoms with Gasteiger partial charge in [0.05, 0.1) is 58.4 Å². The van der Waals surface area contributed by atoms with Crippen molar-refractivity contribution in [2.75, 3.05) is 19.1 Å². The molecule has 23 nitrogen and oxygen atoms in total. The second-order valence-electron chi connectivity index (χ2n) is 23.3. The number of nitrogens with zero attached hydrogens (tertiary/aromatic N) is 3. The first-order valence-corrected chi connectivity index (χ1v) is 32.4. The molecule has 2 bridgehead atoms. The fourth-order valence-electron chi connectivity index (χ4n) is 11.6. The smallest absolute Gasteiger partial charge is 0.407 e. The van der Waals surface area contributed by atoms with Crippen molar-refractivity contribution in [2.45, 2.75) is 151 Å². The number of benzene rings is 7. The quantitative estimate of drug-likeness (QED) is 0.0103. The largest absolute Gasteiger partial charge is 0.459 e. The zero-order valence-electron chi connectivity index (χ0n) is 53.0. The summed E-state index contributed by atoms with van der Waals surface area (Å²) in [7, 11) is 0. The first-order chi connectivity index (χ1) is 47.6.